The van der Waals surface area contributed by atoms with Crippen molar-refractivity contribution in [2.45, 2.75) is 66.6 Å². The van der Waals surface area contributed by atoms with E-state index in [0.29, 0.717) is 0 Å². The average molecular weight is 354 g/mol. The molecule has 0 spiro atoms. The highest BCUT2D eigenvalue weighted by Gasteiger charge is 2.14. The van der Waals surface area contributed by atoms with E-state index in [0.717, 1.165) is 11.1 Å². The van der Waals surface area contributed by atoms with E-state index < -0.39 is 0 Å². The summed E-state index contributed by atoms with van der Waals surface area (Å²) in [6.07, 6.45) is 0. The fraction of sp³-hybridized carbons (Fsp3) is 0.429. The van der Waals surface area contributed by atoms with Crippen molar-refractivity contribution in [3.63, 3.8) is 0 Å². The third-order valence-electron chi connectivity index (χ3n) is 3.33. The van der Waals surface area contributed by atoms with Gasteiger partial charge >= 0.3 is 0 Å². The van der Waals surface area contributed by atoms with Crippen molar-refractivity contribution < 1.29 is 0 Å². The van der Waals surface area contributed by atoms with Crippen molar-refractivity contribution in [1.29, 1.82) is 0 Å². The maximum absolute atomic E-state index is 6.46. The number of hydrogen-bond acceptors (Lipinski definition) is 2. The predicted molar refractivity (Wildman–Crippen MR) is 112 cm³/mol. The Morgan fingerprint density at radius 3 is 1.17 bits per heavy atom. The van der Waals surface area contributed by atoms with Crippen LogP contribution in [-0.2, 0) is 0 Å². The van der Waals surface area contributed by atoms with Crippen LogP contribution in [0.25, 0.3) is 0 Å². The van der Waals surface area contributed by atoms with Gasteiger partial charge in [-0.05, 0) is 41.2 Å². The Kier molecular flexibility index (Phi) is 6.20. The van der Waals surface area contributed by atoms with Gasteiger partial charge in [-0.25, -0.2) is 0 Å². The van der Waals surface area contributed by atoms with Crippen molar-refractivity contribution in [2.24, 2.45) is 0 Å². The Hall–Kier alpha value is -0.795. The molecule has 0 N–H and O–H groups in total. The van der Waals surface area contributed by atoms with Gasteiger partial charge in [0.2, 0.25) is 0 Å². The third-order valence-corrected chi connectivity index (χ3v) is 5.57. The minimum atomic E-state index is -0.0765. The molecule has 24 heavy (non-hydrogen) atoms. The zero-order chi connectivity index (χ0) is 18.0. The highest BCUT2D eigenvalue weighted by molar-refractivity contribution is 8.00. The van der Waals surface area contributed by atoms with E-state index in [-0.39, 0.29) is 15.3 Å². The summed E-state index contributed by atoms with van der Waals surface area (Å²) in [5.74, 6) is -0.0765. The molecule has 2 aromatic carbocycles. The molecular formula is C21H27BS2. The first-order valence-corrected chi connectivity index (χ1v) is 10.0. The van der Waals surface area contributed by atoms with Gasteiger partial charge < -0.3 is 0 Å². The molecule has 0 aliphatic rings. The highest BCUT2D eigenvalue weighted by Crippen LogP contribution is 2.34. The quantitative estimate of drug-likeness (QED) is 0.441. The summed E-state index contributed by atoms with van der Waals surface area (Å²) in [4.78, 5) is 2.57. The minimum absolute atomic E-state index is 0.0765. The van der Waals surface area contributed by atoms with Crippen LogP contribution in [0.2, 0.25) is 0 Å². The lowest BCUT2D eigenvalue weighted by molar-refractivity contribution is 0.802. The van der Waals surface area contributed by atoms with Gasteiger partial charge in [-0.1, -0.05) is 65.8 Å². The topological polar surface area (TPSA) is 0 Å². The number of benzene rings is 2. The number of hydrogen-bond donors (Lipinski definition) is 0. The van der Waals surface area contributed by atoms with E-state index in [2.05, 4.69) is 90.1 Å². The Morgan fingerprint density at radius 2 is 0.917 bits per heavy atom. The molecule has 0 aliphatic heterocycles. The molecule has 2 aromatic rings. The maximum atomic E-state index is 6.46. The maximum Gasteiger partial charge on any atom is 0.0828 e. The predicted octanol–water partition coefficient (Wildman–Crippen LogP) is 6.73. The van der Waals surface area contributed by atoms with Crippen LogP contribution in [0.5, 0.6) is 0 Å². The molecule has 0 aliphatic carbocycles. The van der Waals surface area contributed by atoms with Crippen LogP contribution in [0.4, 0.5) is 0 Å². The molecule has 0 heterocycles. The van der Waals surface area contributed by atoms with E-state index in [1.54, 1.807) is 0 Å². The summed E-state index contributed by atoms with van der Waals surface area (Å²) in [5, 5.41) is 0. The van der Waals surface area contributed by atoms with E-state index in [9.17, 15) is 0 Å². The fourth-order valence-electron chi connectivity index (χ4n) is 2.39. The van der Waals surface area contributed by atoms with Gasteiger partial charge in [0.15, 0.2) is 0 Å². The van der Waals surface area contributed by atoms with Crippen LogP contribution in [0.1, 0.15) is 58.5 Å². The Balaban J connectivity index is 2.09. The fourth-order valence-corrected chi connectivity index (χ4v) is 4.34. The van der Waals surface area contributed by atoms with Gasteiger partial charge in [0.25, 0.3) is 0 Å². The summed E-state index contributed by atoms with van der Waals surface area (Å²) in [7, 11) is 6.46. The largest absolute Gasteiger partial charge is 0.120 e. The second kappa shape index (κ2) is 7.62. The summed E-state index contributed by atoms with van der Waals surface area (Å²) < 4.78 is 0.453. The van der Waals surface area contributed by atoms with Gasteiger partial charge in [0, 0.05) is 19.3 Å². The lowest BCUT2D eigenvalue weighted by atomic mass is 9.76. The first-order valence-electron chi connectivity index (χ1n) is 8.37. The normalized spacial score (nSPS) is 12.6. The minimum Gasteiger partial charge on any atom is -0.120 e. The van der Waals surface area contributed by atoms with Crippen molar-refractivity contribution in [3.8, 4) is 0 Å². The summed E-state index contributed by atoms with van der Waals surface area (Å²) >= 11 is 3.76. The lowest BCUT2D eigenvalue weighted by Crippen LogP contribution is -2.07. The molecule has 0 saturated carbocycles. The number of rotatable bonds is 4. The van der Waals surface area contributed by atoms with Crippen molar-refractivity contribution in [1.82, 2.24) is 0 Å². The van der Waals surface area contributed by atoms with Crippen LogP contribution in [0.15, 0.2) is 58.3 Å². The third kappa shape index (κ3) is 6.25. The molecule has 0 bridgehead atoms. The van der Waals surface area contributed by atoms with E-state index in [1.165, 1.54) is 9.79 Å². The Bertz CT molecular complexity index is 587. The van der Waals surface area contributed by atoms with Crippen LogP contribution < -0.4 is 0 Å². The number of thioether (sulfide) groups is 2. The molecule has 0 atom stereocenters. The molecule has 3 heteroatoms. The van der Waals surface area contributed by atoms with Gasteiger partial charge in [0.1, 0.15) is 0 Å². The molecule has 0 unspecified atom stereocenters. The van der Waals surface area contributed by atoms with E-state index in [1.807, 2.05) is 23.5 Å². The lowest BCUT2D eigenvalue weighted by Gasteiger charge is -2.20. The van der Waals surface area contributed by atoms with Gasteiger partial charge in [-0.3, -0.25) is 0 Å². The second-order valence-electron chi connectivity index (χ2n) is 8.04. The SMILES string of the molecule is [B]C(c1ccc(SC(C)(C)C)cc1)c1ccc(SC(C)(C)C)cc1. The van der Waals surface area contributed by atoms with E-state index >= 15 is 0 Å². The Morgan fingerprint density at radius 1 is 0.625 bits per heavy atom. The first-order chi connectivity index (χ1) is 11.0. The van der Waals surface area contributed by atoms with Crippen LogP contribution in [-0.4, -0.2) is 17.3 Å². The monoisotopic (exact) mass is 354 g/mol. The molecular weight excluding hydrogens is 327 g/mol. The second-order valence-corrected chi connectivity index (χ2v) is 11.8. The standard InChI is InChI=1S/C21H27BS2/c1-20(2,3)23-17-11-7-15(8-12-17)19(22)16-9-13-18(14-10-16)24-21(4,5)6/h7-14,19H,1-6H3. The molecule has 0 saturated heterocycles. The molecule has 2 rings (SSSR count). The van der Waals surface area contributed by atoms with Crippen LogP contribution >= 0.6 is 23.5 Å². The molecule has 0 fully saturated rings. The van der Waals surface area contributed by atoms with Crippen LogP contribution in [0, 0.1) is 0 Å². The van der Waals surface area contributed by atoms with Gasteiger partial charge in [-0.15, -0.1) is 23.5 Å². The zero-order valence-electron chi connectivity index (χ0n) is 15.6. The molecule has 0 amide bonds. The smallest absolute Gasteiger partial charge is 0.0828 e. The van der Waals surface area contributed by atoms with Crippen LogP contribution in [0.3, 0.4) is 0 Å². The van der Waals surface area contributed by atoms with E-state index in [4.69, 9.17) is 7.85 Å². The highest BCUT2D eigenvalue weighted by atomic mass is 32.2. The first kappa shape index (κ1) is 19.5. The molecule has 0 aromatic heterocycles. The van der Waals surface area contributed by atoms with Gasteiger partial charge in [-0.2, -0.15) is 0 Å². The van der Waals surface area contributed by atoms with Crippen molar-refractivity contribution >= 4 is 31.4 Å². The summed E-state index contributed by atoms with van der Waals surface area (Å²) in [6, 6.07) is 17.3. The summed E-state index contributed by atoms with van der Waals surface area (Å²) in [6.45, 7) is 13.4. The van der Waals surface area contributed by atoms with Crippen molar-refractivity contribution in [2.75, 3.05) is 0 Å². The average Bonchev–Trinajstić information content (AvgIpc) is 2.45. The summed E-state index contributed by atoms with van der Waals surface area (Å²) in [5.41, 5.74) is 2.31. The zero-order valence-corrected chi connectivity index (χ0v) is 17.2. The Labute approximate surface area is 157 Å². The van der Waals surface area contributed by atoms with Crippen molar-refractivity contribution in [3.05, 3.63) is 59.7 Å². The molecule has 0 nitrogen and oxygen atoms in total. The molecule has 126 valence electrons. The molecule has 2 radical (unpaired) electrons. The van der Waals surface area contributed by atoms with Gasteiger partial charge in [0.05, 0.1) is 7.85 Å².